The van der Waals surface area contributed by atoms with Crippen molar-refractivity contribution in [2.24, 2.45) is 0 Å². The summed E-state index contributed by atoms with van der Waals surface area (Å²) in [6.07, 6.45) is 1.29. The number of aliphatic carboxylic acids is 1. The highest BCUT2D eigenvalue weighted by molar-refractivity contribution is 7.98. The molecular formula is C10H19NO5S. The van der Waals surface area contributed by atoms with Crippen LogP contribution in [0.25, 0.3) is 0 Å². The van der Waals surface area contributed by atoms with Gasteiger partial charge in [-0.3, -0.25) is 4.79 Å². The number of thioether (sulfide) groups is 1. The van der Waals surface area contributed by atoms with Gasteiger partial charge in [-0.25, -0.2) is 4.79 Å². The van der Waals surface area contributed by atoms with E-state index in [0.717, 1.165) is 0 Å². The maximum Gasteiger partial charge on any atom is 0.528 e. The SMILES string of the molecule is CSCCC(NOC(=O)OC(C)(C)C)C(=O)O. The van der Waals surface area contributed by atoms with E-state index < -0.39 is 23.8 Å². The number of carboxylic acids is 1. The van der Waals surface area contributed by atoms with Gasteiger partial charge in [0.25, 0.3) is 0 Å². The fraction of sp³-hybridized carbons (Fsp3) is 0.800. The summed E-state index contributed by atoms with van der Waals surface area (Å²) >= 11 is 1.52. The third-order valence-electron chi connectivity index (χ3n) is 1.58. The van der Waals surface area contributed by atoms with Gasteiger partial charge in [-0.05, 0) is 39.2 Å². The summed E-state index contributed by atoms with van der Waals surface area (Å²) < 4.78 is 4.85. The highest BCUT2D eigenvalue weighted by atomic mass is 32.2. The Morgan fingerprint density at radius 2 is 2.00 bits per heavy atom. The van der Waals surface area contributed by atoms with Crippen molar-refractivity contribution in [3.8, 4) is 0 Å². The normalized spacial score (nSPS) is 12.9. The van der Waals surface area contributed by atoms with Gasteiger partial charge in [-0.2, -0.15) is 11.8 Å². The molecule has 100 valence electrons. The molecule has 0 radical (unpaired) electrons. The summed E-state index contributed by atoms with van der Waals surface area (Å²) in [5.41, 5.74) is 1.52. The van der Waals surface area contributed by atoms with Crippen molar-refractivity contribution in [1.82, 2.24) is 5.48 Å². The molecule has 0 saturated heterocycles. The lowest BCUT2D eigenvalue weighted by molar-refractivity contribution is -0.143. The zero-order valence-electron chi connectivity index (χ0n) is 10.5. The third-order valence-corrected chi connectivity index (χ3v) is 2.23. The summed E-state index contributed by atoms with van der Waals surface area (Å²) in [7, 11) is 0. The van der Waals surface area contributed by atoms with Crippen LogP contribution in [0.4, 0.5) is 4.79 Å². The van der Waals surface area contributed by atoms with Crippen molar-refractivity contribution in [3.05, 3.63) is 0 Å². The number of carboxylic acid groups (broad SMARTS) is 1. The number of rotatable bonds is 6. The van der Waals surface area contributed by atoms with Gasteiger partial charge >= 0.3 is 12.1 Å². The number of hydrogen-bond donors (Lipinski definition) is 2. The first kappa shape index (κ1) is 16.1. The highest BCUT2D eigenvalue weighted by Crippen LogP contribution is 2.08. The fourth-order valence-corrected chi connectivity index (χ4v) is 1.33. The van der Waals surface area contributed by atoms with Crippen molar-refractivity contribution in [1.29, 1.82) is 0 Å². The van der Waals surface area contributed by atoms with E-state index in [2.05, 4.69) is 10.3 Å². The summed E-state index contributed by atoms with van der Waals surface area (Å²) in [5.74, 6) is -0.413. The van der Waals surface area contributed by atoms with E-state index in [1.54, 1.807) is 20.8 Å². The van der Waals surface area contributed by atoms with Gasteiger partial charge < -0.3 is 14.7 Å². The zero-order chi connectivity index (χ0) is 13.5. The van der Waals surface area contributed by atoms with Crippen molar-refractivity contribution >= 4 is 23.9 Å². The van der Waals surface area contributed by atoms with Crippen LogP contribution in [0.1, 0.15) is 27.2 Å². The largest absolute Gasteiger partial charge is 0.528 e. The van der Waals surface area contributed by atoms with Gasteiger partial charge in [0.1, 0.15) is 11.6 Å². The molecule has 6 nitrogen and oxygen atoms in total. The topological polar surface area (TPSA) is 84.9 Å². The molecule has 0 aromatic carbocycles. The van der Waals surface area contributed by atoms with Crippen LogP contribution in [0.5, 0.6) is 0 Å². The molecular weight excluding hydrogens is 246 g/mol. The maximum absolute atomic E-state index is 11.2. The first-order chi connectivity index (χ1) is 7.76. The van der Waals surface area contributed by atoms with Crippen molar-refractivity contribution in [2.75, 3.05) is 12.0 Å². The Morgan fingerprint density at radius 1 is 1.41 bits per heavy atom. The van der Waals surface area contributed by atoms with Gasteiger partial charge in [-0.15, -0.1) is 5.48 Å². The molecule has 17 heavy (non-hydrogen) atoms. The second kappa shape index (κ2) is 7.39. The van der Waals surface area contributed by atoms with E-state index in [4.69, 9.17) is 9.84 Å². The lowest BCUT2D eigenvalue weighted by Crippen LogP contribution is -2.40. The van der Waals surface area contributed by atoms with Crippen LogP contribution in [0.2, 0.25) is 0 Å². The van der Waals surface area contributed by atoms with Crippen LogP contribution < -0.4 is 5.48 Å². The molecule has 0 bridgehead atoms. The molecule has 1 unspecified atom stereocenters. The smallest absolute Gasteiger partial charge is 0.480 e. The lowest BCUT2D eigenvalue weighted by Gasteiger charge is -2.19. The molecule has 0 heterocycles. The predicted octanol–water partition coefficient (Wildman–Crippen LogP) is 1.65. The number of nitrogens with one attached hydrogen (secondary N) is 1. The monoisotopic (exact) mass is 265 g/mol. The van der Waals surface area contributed by atoms with Crippen molar-refractivity contribution < 1.29 is 24.3 Å². The molecule has 2 N–H and O–H groups in total. The quantitative estimate of drug-likeness (QED) is 0.558. The number of ether oxygens (including phenoxy) is 1. The zero-order valence-corrected chi connectivity index (χ0v) is 11.3. The number of carbonyl (C=O) groups excluding carboxylic acids is 1. The predicted molar refractivity (Wildman–Crippen MR) is 64.9 cm³/mol. The highest BCUT2D eigenvalue weighted by Gasteiger charge is 2.22. The Hall–Kier alpha value is -0.950. The minimum atomic E-state index is -1.07. The van der Waals surface area contributed by atoms with Crippen LogP contribution >= 0.6 is 11.8 Å². The Kier molecular flexibility index (Phi) is 6.98. The van der Waals surface area contributed by atoms with E-state index in [0.29, 0.717) is 12.2 Å². The summed E-state index contributed by atoms with van der Waals surface area (Å²) in [6.45, 7) is 5.07. The molecule has 0 rings (SSSR count). The molecule has 0 aliphatic rings. The lowest BCUT2D eigenvalue weighted by atomic mass is 10.2. The molecule has 0 amide bonds. The van der Waals surface area contributed by atoms with E-state index >= 15 is 0 Å². The molecule has 7 heteroatoms. The van der Waals surface area contributed by atoms with Gasteiger partial charge in [0.05, 0.1) is 0 Å². The number of hydroxylamine groups is 1. The second-order valence-corrected chi connectivity index (χ2v) is 5.34. The van der Waals surface area contributed by atoms with E-state index in [-0.39, 0.29) is 0 Å². The maximum atomic E-state index is 11.2. The molecule has 0 fully saturated rings. The molecule has 0 aliphatic carbocycles. The summed E-state index contributed by atoms with van der Waals surface area (Å²) in [5, 5.41) is 8.84. The second-order valence-electron chi connectivity index (χ2n) is 4.36. The van der Waals surface area contributed by atoms with E-state index in [9.17, 15) is 9.59 Å². The molecule has 0 spiro atoms. The Labute approximate surface area is 105 Å². The molecule has 0 aromatic heterocycles. The number of carbonyl (C=O) groups is 2. The first-order valence-electron chi connectivity index (χ1n) is 5.13. The van der Waals surface area contributed by atoms with Gasteiger partial charge in [0.2, 0.25) is 0 Å². The van der Waals surface area contributed by atoms with Crippen molar-refractivity contribution in [2.45, 2.75) is 38.8 Å². The van der Waals surface area contributed by atoms with Gasteiger partial charge in [0, 0.05) is 0 Å². The Balaban J connectivity index is 4.04. The van der Waals surface area contributed by atoms with Crippen LogP contribution in [0, 0.1) is 0 Å². The van der Waals surface area contributed by atoms with Crippen LogP contribution in [0.3, 0.4) is 0 Å². The standard InChI is InChI=1S/C10H19NO5S/c1-10(2,3)15-9(14)16-11-7(8(12)13)5-6-17-4/h7,11H,5-6H2,1-4H3,(H,12,13). The minimum absolute atomic E-state index is 0.360. The average Bonchev–Trinajstić information content (AvgIpc) is 2.14. The van der Waals surface area contributed by atoms with E-state index in [1.807, 2.05) is 6.26 Å². The molecule has 0 aliphatic heterocycles. The fourth-order valence-electron chi connectivity index (χ4n) is 0.859. The van der Waals surface area contributed by atoms with Crippen LogP contribution in [-0.2, 0) is 14.4 Å². The Bertz CT molecular complexity index is 264. The van der Waals surface area contributed by atoms with Gasteiger partial charge in [0.15, 0.2) is 0 Å². The third kappa shape index (κ3) is 8.82. The summed E-state index contributed by atoms with van der Waals surface area (Å²) in [4.78, 5) is 26.5. The summed E-state index contributed by atoms with van der Waals surface area (Å²) in [6, 6.07) is -0.921. The molecule has 0 aromatic rings. The molecule has 1 atom stereocenters. The minimum Gasteiger partial charge on any atom is -0.480 e. The van der Waals surface area contributed by atoms with Crippen LogP contribution in [0.15, 0.2) is 0 Å². The first-order valence-corrected chi connectivity index (χ1v) is 6.52. The van der Waals surface area contributed by atoms with Crippen LogP contribution in [-0.4, -0.2) is 40.9 Å². The Morgan fingerprint density at radius 3 is 2.41 bits per heavy atom. The van der Waals surface area contributed by atoms with E-state index in [1.165, 1.54) is 11.8 Å². The average molecular weight is 265 g/mol. The number of hydrogen-bond acceptors (Lipinski definition) is 6. The van der Waals surface area contributed by atoms with Gasteiger partial charge in [-0.1, -0.05) is 0 Å². The molecule has 0 saturated carbocycles. The van der Waals surface area contributed by atoms with Crippen molar-refractivity contribution in [3.63, 3.8) is 0 Å².